The number of nitrogens with zero attached hydrogens (tertiary/aromatic N) is 2. The lowest BCUT2D eigenvalue weighted by Crippen LogP contribution is -2.12. The van der Waals surface area contributed by atoms with Gasteiger partial charge in [-0.3, -0.25) is 0 Å². The first-order chi connectivity index (χ1) is 9.70. The Morgan fingerprint density at radius 2 is 2.10 bits per heavy atom. The summed E-state index contributed by atoms with van der Waals surface area (Å²) >= 11 is 0. The van der Waals surface area contributed by atoms with Gasteiger partial charge in [0.15, 0.2) is 0 Å². The van der Waals surface area contributed by atoms with Gasteiger partial charge >= 0.3 is 0 Å². The number of H-pyrrole nitrogens is 1. The van der Waals surface area contributed by atoms with Crippen LogP contribution in [0.1, 0.15) is 11.5 Å². The van der Waals surface area contributed by atoms with Gasteiger partial charge in [0.25, 0.3) is 0 Å². The van der Waals surface area contributed by atoms with E-state index in [1.54, 1.807) is 0 Å². The van der Waals surface area contributed by atoms with Gasteiger partial charge in [0, 0.05) is 48.4 Å². The van der Waals surface area contributed by atoms with E-state index in [9.17, 15) is 0 Å². The second kappa shape index (κ2) is 5.13. The number of fused-ring (bicyclic) bond motifs is 1. The minimum atomic E-state index is 0.939. The topological polar surface area (TPSA) is 45.6 Å². The van der Waals surface area contributed by atoms with Gasteiger partial charge in [-0.05, 0) is 20.0 Å². The van der Waals surface area contributed by atoms with Crippen molar-refractivity contribution in [3.8, 4) is 11.3 Å². The molecule has 104 valence electrons. The lowest BCUT2D eigenvalue weighted by molar-refractivity contribution is 0.718. The molecule has 0 amide bonds. The number of benzene rings is 1. The number of hydrogen-bond donors (Lipinski definition) is 2. The zero-order valence-electron chi connectivity index (χ0n) is 12.2. The molecule has 0 aliphatic rings. The van der Waals surface area contributed by atoms with Crippen LogP contribution in [0.25, 0.3) is 22.2 Å². The van der Waals surface area contributed by atoms with Crippen molar-refractivity contribution in [2.75, 3.05) is 13.6 Å². The number of imidazole rings is 1. The van der Waals surface area contributed by atoms with E-state index in [-0.39, 0.29) is 0 Å². The van der Waals surface area contributed by atoms with Gasteiger partial charge in [0.1, 0.15) is 5.82 Å². The molecule has 0 atom stereocenters. The van der Waals surface area contributed by atoms with Crippen LogP contribution in [0.3, 0.4) is 0 Å². The summed E-state index contributed by atoms with van der Waals surface area (Å²) in [4.78, 5) is 8.24. The van der Waals surface area contributed by atoms with Crippen molar-refractivity contribution in [2.45, 2.75) is 13.3 Å². The molecule has 20 heavy (non-hydrogen) atoms. The molecule has 0 spiro atoms. The maximum absolute atomic E-state index is 4.80. The Hall–Kier alpha value is -2.07. The minimum Gasteiger partial charge on any atom is -0.358 e. The smallest absolute Gasteiger partial charge is 0.110 e. The van der Waals surface area contributed by atoms with Gasteiger partial charge in [-0.15, -0.1) is 0 Å². The molecule has 0 radical (unpaired) electrons. The fraction of sp³-hybridized carbons (Fsp3) is 0.312. The Labute approximate surface area is 118 Å². The Bertz CT molecular complexity index is 736. The second-order valence-corrected chi connectivity index (χ2v) is 5.18. The average Bonchev–Trinajstić information content (AvgIpc) is 2.95. The lowest BCUT2D eigenvalue weighted by atomic mass is 10.1. The number of rotatable bonds is 4. The third kappa shape index (κ3) is 2.12. The third-order valence-corrected chi connectivity index (χ3v) is 3.72. The van der Waals surface area contributed by atoms with E-state index < -0.39 is 0 Å². The molecule has 0 aliphatic carbocycles. The van der Waals surface area contributed by atoms with E-state index in [0.29, 0.717) is 0 Å². The molecule has 0 saturated carbocycles. The SMILES string of the molecule is CNCCc1nc(-c2c(C)[nH]c3ccccc23)cn1C. The molecule has 4 heteroatoms. The molecule has 3 rings (SSSR count). The van der Waals surface area contributed by atoms with Crippen LogP contribution in [-0.2, 0) is 13.5 Å². The van der Waals surface area contributed by atoms with E-state index in [1.165, 1.54) is 22.2 Å². The van der Waals surface area contributed by atoms with Gasteiger partial charge in [0.05, 0.1) is 5.69 Å². The molecular weight excluding hydrogens is 248 g/mol. The fourth-order valence-electron chi connectivity index (χ4n) is 2.70. The van der Waals surface area contributed by atoms with E-state index in [1.807, 2.05) is 7.05 Å². The summed E-state index contributed by atoms with van der Waals surface area (Å²) in [6.07, 6.45) is 3.06. The summed E-state index contributed by atoms with van der Waals surface area (Å²) in [6.45, 7) is 3.05. The number of aryl methyl sites for hydroxylation is 2. The van der Waals surface area contributed by atoms with E-state index in [2.05, 4.69) is 59.3 Å². The quantitative estimate of drug-likeness (QED) is 0.764. The molecule has 0 unspecified atom stereocenters. The number of aromatic nitrogens is 3. The monoisotopic (exact) mass is 268 g/mol. The highest BCUT2D eigenvalue weighted by atomic mass is 15.1. The maximum Gasteiger partial charge on any atom is 0.110 e. The Kier molecular flexibility index (Phi) is 3.32. The molecule has 0 saturated heterocycles. The standard InChI is InChI=1S/C16H20N4/c1-11-16(12-6-4-5-7-13(12)18-11)14-10-20(3)15(19-14)8-9-17-2/h4-7,10,17-18H,8-9H2,1-3H3. The highest BCUT2D eigenvalue weighted by molar-refractivity contribution is 5.96. The average molecular weight is 268 g/mol. The number of nitrogens with one attached hydrogen (secondary N) is 2. The number of likely N-dealkylation sites (N-methyl/N-ethyl adjacent to an activating group) is 1. The van der Waals surface area contributed by atoms with Crippen molar-refractivity contribution in [1.29, 1.82) is 0 Å². The number of hydrogen-bond acceptors (Lipinski definition) is 2. The van der Waals surface area contributed by atoms with Crippen LogP contribution >= 0.6 is 0 Å². The first kappa shape index (κ1) is 12.9. The first-order valence-corrected chi connectivity index (χ1v) is 6.95. The minimum absolute atomic E-state index is 0.939. The summed E-state index contributed by atoms with van der Waals surface area (Å²) in [5.74, 6) is 1.11. The van der Waals surface area contributed by atoms with Crippen LogP contribution in [0.2, 0.25) is 0 Å². The molecule has 4 nitrogen and oxygen atoms in total. The molecule has 3 aromatic rings. The van der Waals surface area contributed by atoms with Crippen molar-refractivity contribution in [2.24, 2.45) is 7.05 Å². The summed E-state index contributed by atoms with van der Waals surface area (Å²) in [5.41, 5.74) is 4.60. The van der Waals surface area contributed by atoms with Crippen molar-refractivity contribution >= 4 is 10.9 Å². The summed E-state index contributed by atoms with van der Waals surface area (Å²) in [6, 6.07) is 8.38. The van der Waals surface area contributed by atoms with Crippen molar-refractivity contribution < 1.29 is 0 Å². The Balaban J connectivity index is 2.09. The van der Waals surface area contributed by atoms with Crippen LogP contribution in [0.4, 0.5) is 0 Å². The molecule has 2 aromatic heterocycles. The van der Waals surface area contributed by atoms with Crippen LogP contribution in [-0.4, -0.2) is 28.1 Å². The molecule has 0 bridgehead atoms. The van der Waals surface area contributed by atoms with Gasteiger partial charge in [-0.25, -0.2) is 4.98 Å². The van der Waals surface area contributed by atoms with Crippen LogP contribution < -0.4 is 5.32 Å². The molecule has 0 fully saturated rings. The van der Waals surface area contributed by atoms with E-state index in [4.69, 9.17) is 4.98 Å². The first-order valence-electron chi connectivity index (χ1n) is 6.95. The normalized spacial score (nSPS) is 11.3. The largest absolute Gasteiger partial charge is 0.358 e. The van der Waals surface area contributed by atoms with Gasteiger partial charge in [-0.1, -0.05) is 18.2 Å². The van der Waals surface area contributed by atoms with Gasteiger partial charge in [0.2, 0.25) is 0 Å². The van der Waals surface area contributed by atoms with Crippen molar-refractivity contribution in [1.82, 2.24) is 19.9 Å². The van der Waals surface area contributed by atoms with Gasteiger partial charge < -0.3 is 14.9 Å². The highest BCUT2D eigenvalue weighted by Gasteiger charge is 2.14. The zero-order chi connectivity index (χ0) is 14.1. The number of aromatic amines is 1. The molecule has 0 aliphatic heterocycles. The molecule has 2 heterocycles. The van der Waals surface area contributed by atoms with Crippen LogP contribution in [0.5, 0.6) is 0 Å². The van der Waals surface area contributed by atoms with Crippen LogP contribution in [0.15, 0.2) is 30.5 Å². The third-order valence-electron chi connectivity index (χ3n) is 3.72. The van der Waals surface area contributed by atoms with Gasteiger partial charge in [-0.2, -0.15) is 0 Å². The molecule has 2 N–H and O–H groups in total. The van der Waals surface area contributed by atoms with E-state index in [0.717, 1.165) is 24.5 Å². The predicted molar refractivity (Wildman–Crippen MR) is 82.9 cm³/mol. The highest BCUT2D eigenvalue weighted by Crippen LogP contribution is 2.31. The summed E-state index contributed by atoms with van der Waals surface area (Å²) in [7, 11) is 4.03. The molecular formula is C16H20N4. The lowest BCUT2D eigenvalue weighted by Gasteiger charge is -1.99. The zero-order valence-corrected chi connectivity index (χ0v) is 12.2. The predicted octanol–water partition coefficient (Wildman–Crippen LogP) is 2.64. The Morgan fingerprint density at radius 3 is 2.90 bits per heavy atom. The number of para-hydroxylation sites is 1. The fourth-order valence-corrected chi connectivity index (χ4v) is 2.70. The maximum atomic E-state index is 4.80. The summed E-state index contributed by atoms with van der Waals surface area (Å²) < 4.78 is 2.12. The van der Waals surface area contributed by atoms with Crippen LogP contribution in [0, 0.1) is 6.92 Å². The Morgan fingerprint density at radius 1 is 1.30 bits per heavy atom. The molecule has 1 aromatic carbocycles. The van der Waals surface area contributed by atoms with Crippen molar-refractivity contribution in [3.05, 3.63) is 42.0 Å². The second-order valence-electron chi connectivity index (χ2n) is 5.18. The summed E-state index contributed by atoms with van der Waals surface area (Å²) in [5, 5.41) is 4.41. The van der Waals surface area contributed by atoms with E-state index >= 15 is 0 Å². The van der Waals surface area contributed by atoms with Crippen molar-refractivity contribution in [3.63, 3.8) is 0 Å².